The first-order chi connectivity index (χ1) is 7.40. The van der Waals surface area contributed by atoms with Crippen LogP contribution in [0.3, 0.4) is 0 Å². The molecule has 15 heavy (non-hydrogen) atoms. The second-order valence-corrected chi connectivity index (χ2v) is 5.08. The number of hydrogen-bond donors (Lipinski definition) is 1. The van der Waals surface area contributed by atoms with Gasteiger partial charge in [-0.15, -0.1) is 11.3 Å². The molecule has 1 aliphatic heterocycles. The second-order valence-electron chi connectivity index (χ2n) is 3.93. The fourth-order valence-corrected chi connectivity index (χ4v) is 2.85. The summed E-state index contributed by atoms with van der Waals surface area (Å²) in [6.45, 7) is 2.82. The Kier molecular flexibility index (Phi) is 4.11. The predicted octanol–water partition coefficient (Wildman–Crippen LogP) is 1.80. The minimum atomic E-state index is 0.548. The summed E-state index contributed by atoms with van der Waals surface area (Å²) in [5.74, 6) is 0.548. The van der Waals surface area contributed by atoms with Gasteiger partial charge in [0.1, 0.15) is 0 Å². The van der Waals surface area contributed by atoms with Crippen molar-refractivity contribution >= 4 is 11.3 Å². The van der Waals surface area contributed by atoms with Crippen LogP contribution >= 0.6 is 11.3 Å². The van der Waals surface area contributed by atoms with Crippen molar-refractivity contribution < 1.29 is 4.74 Å². The molecule has 0 aliphatic carbocycles. The smallest absolute Gasteiger partial charge is 0.0981 e. The van der Waals surface area contributed by atoms with Crippen molar-refractivity contribution in [2.24, 2.45) is 0 Å². The molecule has 1 atom stereocenters. The Morgan fingerprint density at radius 2 is 2.60 bits per heavy atom. The highest BCUT2D eigenvalue weighted by molar-refractivity contribution is 7.11. The van der Waals surface area contributed by atoms with Crippen LogP contribution < -0.4 is 5.32 Å². The topological polar surface area (TPSA) is 34.2 Å². The lowest BCUT2D eigenvalue weighted by Gasteiger charge is -2.19. The summed E-state index contributed by atoms with van der Waals surface area (Å²) in [6.07, 6.45) is 5.52. The van der Waals surface area contributed by atoms with Gasteiger partial charge in [-0.1, -0.05) is 0 Å². The molecule has 0 saturated carbocycles. The summed E-state index contributed by atoms with van der Waals surface area (Å²) in [5.41, 5.74) is 0. The minimum Gasteiger partial charge on any atom is -0.381 e. The number of thiazole rings is 1. The Balaban J connectivity index is 1.93. The second kappa shape index (κ2) is 5.58. The van der Waals surface area contributed by atoms with Crippen LogP contribution in [0, 0.1) is 0 Å². The van der Waals surface area contributed by atoms with Crippen LogP contribution in [-0.2, 0) is 11.2 Å². The van der Waals surface area contributed by atoms with Crippen molar-refractivity contribution in [3.63, 3.8) is 0 Å². The van der Waals surface area contributed by atoms with Gasteiger partial charge in [0.2, 0.25) is 0 Å². The van der Waals surface area contributed by atoms with E-state index in [4.69, 9.17) is 4.74 Å². The number of aromatic nitrogens is 1. The zero-order valence-electron chi connectivity index (χ0n) is 9.16. The van der Waals surface area contributed by atoms with E-state index >= 15 is 0 Å². The molecule has 0 bridgehead atoms. The normalized spacial score (nSPS) is 21.8. The van der Waals surface area contributed by atoms with Crippen LogP contribution in [0.4, 0.5) is 0 Å². The van der Waals surface area contributed by atoms with E-state index in [1.165, 1.54) is 22.7 Å². The van der Waals surface area contributed by atoms with Crippen LogP contribution in [-0.4, -0.2) is 31.8 Å². The summed E-state index contributed by atoms with van der Waals surface area (Å²) >= 11 is 1.85. The fraction of sp³-hybridized carbons (Fsp3) is 0.727. The molecule has 1 N–H and O–H groups in total. The monoisotopic (exact) mass is 226 g/mol. The molecule has 1 aromatic heterocycles. The lowest BCUT2D eigenvalue weighted by atomic mass is 10.0. The van der Waals surface area contributed by atoms with E-state index in [0.29, 0.717) is 5.92 Å². The molecule has 2 heterocycles. The van der Waals surface area contributed by atoms with E-state index in [0.717, 1.165) is 26.2 Å². The van der Waals surface area contributed by atoms with Gasteiger partial charge in [-0.3, -0.25) is 0 Å². The highest BCUT2D eigenvalue weighted by Crippen LogP contribution is 2.28. The van der Waals surface area contributed by atoms with Crippen molar-refractivity contribution in [2.75, 3.05) is 26.8 Å². The van der Waals surface area contributed by atoms with Gasteiger partial charge in [-0.2, -0.15) is 0 Å². The lowest BCUT2D eigenvalue weighted by Crippen LogP contribution is -2.15. The summed E-state index contributed by atoms with van der Waals surface area (Å²) in [5, 5.41) is 4.42. The average molecular weight is 226 g/mol. The van der Waals surface area contributed by atoms with Gasteiger partial charge in [0, 0.05) is 23.6 Å². The number of rotatable bonds is 4. The zero-order chi connectivity index (χ0) is 10.5. The first kappa shape index (κ1) is 11.0. The van der Waals surface area contributed by atoms with Crippen LogP contribution in [0.1, 0.15) is 28.6 Å². The highest BCUT2D eigenvalue weighted by Gasteiger charge is 2.18. The molecule has 1 saturated heterocycles. The number of hydrogen-bond acceptors (Lipinski definition) is 4. The quantitative estimate of drug-likeness (QED) is 0.850. The molecule has 1 unspecified atom stereocenters. The van der Waals surface area contributed by atoms with E-state index in [1.54, 1.807) is 0 Å². The highest BCUT2D eigenvalue weighted by atomic mass is 32.1. The SMILES string of the molecule is CNCCc1cnc(C2CCCOC2)s1. The average Bonchev–Trinajstić information content (AvgIpc) is 2.76. The molecule has 0 aromatic carbocycles. The van der Waals surface area contributed by atoms with E-state index in [-0.39, 0.29) is 0 Å². The Bertz CT molecular complexity index is 295. The molecule has 1 aromatic rings. The maximum Gasteiger partial charge on any atom is 0.0981 e. The van der Waals surface area contributed by atoms with Crippen LogP contribution in [0.15, 0.2) is 6.20 Å². The Labute approximate surface area is 94.9 Å². The van der Waals surface area contributed by atoms with Crippen molar-refractivity contribution in [1.82, 2.24) is 10.3 Å². The van der Waals surface area contributed by atoms with Gasteiger partial charge in [0.15, 0.2) is 0 Å². The zero-order valence-corrected chi connectivity index (χ0v) is 9.98. The van der Waals surface area contributed by atoms with Gasteiger partial charge in [-0.05, 0) is 32.9 Å². The first-order valence-corrected chi connectivity index (χ1v) is 6.38. The maximum absolute atomic E-state index is 5.48. The minimum absolute atomic E-state index is 0.548. The number of likely N-dealkylation sites (N-methyl/N-ethyl adjacent to an activating group) is 1. The third kappa shape index (κ3) is 3.00. The van der Waals surface area contributed by atoms with Gasteiger partial charge >= 0.3 is 0 Å². The third-order valence-electron chi connectivity index (χ3n) is 2.70. The first-order valence-electron chi connectivity index (χ1n) is 5.57. The Morgan fingerprint density at radius 3 is 3.33 bits per heavy atom. The van der Waals surface area contributed by atoms with Gasteiger partial charge < -0.3 is 10.1 Å². The van der Waals surface area contributed by atoms with Crippen molar-refractivity contribution in [2.45, 2.75) is 25.2 Å². The molecule has 0 amide bonds. The molecule has 1 fully saturated rings. The molecule has 0 spiro atoms. The lowest BCUT2D eigenvalue weighted by molar-refractivity contribution is 0.0804. The summed E-state index contributed by atoms with van der Waals surface area (Å²) in [6, 6.07) is 0. The summed E-state index contributed by atoms with van der Waals surface area (Å²) in [4.78, 5) is 5.88. The molecule has 4 heteroatoms. The predicted molar refractivity (Wildman–Crippen MR) is 62.5 cm³/mol. The molecular weight excluding hydrogens is 208 g/mol. The Morgan fingerprint density at radius 1 is 1.67 bits per heavy atom. The molecule has 1 aliphatic rings. The standard InChI is InChI=1S/C11H18N2OS/c1-12-5-4-10-7-13-11(15-10)9-3-2-6-14-8-9/h7,9,12H,2-6,8H2,1H3. The van der Waals surface area contributed by atoms with E-state index in [9.17, 15) is 0 Å². The third-order valence-corrected chi connectivity index (χ3v) is 3.92. The van der Waals surface area contributed by atoms with Gasteiger partial charge in [0.25, 0.3) is 0 Å². The van der Waals surface area contributed by atoms with Crippen molar-refractivity contribution in [1.29, 1.82) is 0 Å². The number of ether oxygens (including phenoxy) is 1. The van der Waals surface area contributed by atoms with Crippen LogP contribution in [0.5, 0.6) is 0 Å². The number of nitrogens with zero attached hydrogens (tertiary/aromatic N) is 1. The molecule has 2 rings (SSSR count). The molecule has 84 valence electrons. The van der Waals surface area contributed by atoms with E-state index in [1.807, 2.05) is 24.6 Å². The molecule has 0 radical (unpaired) electrons. The van der Waals surface area contributed by atoms with E-state index < -0.39 is 0 Å². The molecular formula is C11H18N2OS. The largest absolute Gasteiger partial charge is 0.381 e. The van der Waals surface area contributed by atoms with E-state index in [2.05, 4.69) is 10.3 Å². The fourth-order valence-electron chi connectivity index (χ4n) is 1.81. The van der Waals surface area contributed by atoms with Crippen LogP contribution in [0.25, 0.3) is 0 Å². The Hall–Kier alpha value is -0.450. The summed E-state index contributed by atoms with van der Waals surface area (Å²) < 4.78 is 5.48. The van der Waals surface area contributed by atoms with Crippen molar-refractivity contribution in [3.8, 4) is 0 Å². The van der Waals surface area contributed by atoms with Gasteiger partial charge in [-0.25, -0.2) is 4.98 Å². The summed E-state index contributed by atoms with van der Waals surface area (Å²) in [7, 11) is 1.98. The maximum atomic E-state index is 5.48. The molecule has 3 nitrogen and oxygen atoms in total. The van der Waals surface area contributed by atoms with Crippen molar-refractivity contribution in [3.05, 3.63) is 16.1 Å². The number of nitrogens with one attached hydrogen (secondary N) is 1. The van der Waals surface area contributed by atoms with Crippen LogP contribution in [0.2, 0.25) is 0 Å². The van der Waals surface area contributed by atoms with Gasteiger partial charge in [0.05, 0.1) is 11.6 Å².